The Hall–Kier alpha value is -2.83. The fourth-order valence-electron chi connectivity index (χ4n) is 3.64. The van der Waals surface area contributed by atoms with Gasteiger partial charge in [-0.1, -0.05) is 0 Å². The van der Waals surface area contributed by atoms with Crippen molar-refractivity contribution in [2.45, 2.75) is 46.1 Å². The lowest BCUT2D eigenvalue weighted by Crippen LogP contribution is -2.50. The maximum Gasteiger partial charge on any atom is 0.339 e. The molecule has 150 valence electrons. The van der Waals surface area contributed by atoms with E-state index in [-0.39, 0.29) is 18.1 Å². The van der Waals surface area contributed by atoms with Gasteiger partial charge in [0.1, 0.15) is 17.4 Å². The molecule has 2 heterocycles. The molecule has 7 nitrogen and oxygen atoms in total. The Labute approximate surface area is 163 Å². The minimum Gasteiger partial charge on any atom is -0.483 e. The Morgan fingerprint density at radius 3 is 2.64 bits per heavy atom. The molecule has 1 fully saturated rings. The number of hydrogen-bond acceptors (Lipinski definition) is 6. The largest absolute Gasteiger partial charge is 0.483 e. The van der Waals surface area contributed by atoms with Crippen molar-refractivity contribution in [3.8, 4) is 5.75 Å². The summed E-state index contributed by atoms with van der Waals surface area (Å²) in [5.41, 5.74) is 2.17. The number of carbonyl (C=O) groups is 2. The lowest BCUT2D eigenvalue weighted by atomic mass is 10.0. The number of ether oxygens (including phenoxy) is 2. The summed E-state index contributed by atoms with van der Waals surface area (Å²) in [5, 5.41) is 0.679. The number of benzene rings is 1. The summed E-state index contributed by atoms with van der Waals surface area (Å²) in [5.74, 6) is -0.182. The number of piperidine rings is 1. The number of aryl methyl sites for hydroxylation is 2. The van der Waals surface area contributed by atoms with E-state index in [4.69, 9.17) is 13.9 Å². The maximum absolute atomic E-state index is 12.7. The van der Waals surface area contributed by atoms with E-state index >= 15 is 0 Å². The zero-order valence-corrected chi connectivity index (χ0v) is 16.7. The Morgan fingerprint density at radius 2 is 1.93 bits per heavy atom. The van der Waals surface area contributed by atoms with Gasteiger partial charge in [-0.2, -0.15) is 0 Å². The number of carbonyl (C=O) groups excluding carboxylic acids is 2. The molecule has 0 aliphatic carbocycles. The summed E-state index contributed by atoms with van der Waals surface area (Å²) in [6.07, 6.45) is 2.32. The molecule has 3 rings (SSSR count). The Morgan fingerprint density at radius 1 is 1.18 bits per heavy atom. The van der Waals surface area contributed by atoms with Crippen LogP contribution < -0.4 is 10.4 Å². The first kappa shape index (κ1) is 19.9. The Balaban J connectivity index is 1.87. The van der Waals surface area contributed by atoms with Gasteiger partial charge in [-0.3, -0.25) is 4.79 Å². The highest BCUT2D eigenvalue weighted by Crippen LogP contribution is 2.31. The van der Waals surface area contributed by atoms with Crippen molar-refractivity contribution in [1.29, 1.82) is 0 Å². The molecule has 2 aromatic rings. The van der Waals surface area contributed by atoms with Crippen molar-refractivity contribution in [3.05, 3.63) is 39.2 Å². The van der Waals surface area contributed by atoms with Crippen LogP contribution >= 0.6 is 0 Å². The van der Waals surface area contributed by atoms with E-state index in [1.165, 1.54) is 12.0 Å². The smallest absolute Gasteiger partial charge is 0.339 e. The van der Waals surface area contributed by atoms with E-state index < -0.39 is 12.0 Å². The third kappa shape index (κ3) is 3.74. The van der Waals surface area contributed by atoms with Gasteiger partial charge in [0, 0.05) is 12.1 Å². The number of nitrogens with zero attached hydrogens (tertiary/aromatic N) is 1. The van der Waals surface area contributed by atoms with Crippen LogP contribution in [0.1, 0.15) is 36.0 Å². The number of methoxy groups -OCH3 is 1. The van der Waals surface area contributed by atoms with Gasteiger partial charge in [0.2, 0.25) is 0 Å². The molecule has 7 heteroatoms. The lowest BCUT2D eigenvalue weighted by molar-refractivity contribution is -0.155. The number of fused-ring (bicyclic) bond motifs is 1. The van der Waals surface area contributed by atoms with Gasteiger partial charge in [0.15, 0.2) is 6.61 Å². The number of likely N-dealkylation sites (tertiary alicyclic amines) is 1. The third-order valence-electron chi connectivity index (χ3n) is 5.30. The van der Waals surface area contributed by atoms with Gasteiger partial charge in [0.25, 0.3) is 5.91 Å². The average Bonchev–Trinajstić information content (AvgIpc) is 2.69. The fraction of sp³-hybridized carbons (Fsp3) is 0.476. The molecule has 28 heavy (non-hydrogen) atoms. The zero-order chi connectivity index (χ0) is 20.4. The Kier molecular flexibility index (Phi) is 5.72. The number of hydrogen-bond donors (Lipinski definition) is 0. The van der Waals surface area contributed by atoms with Crippen molar-refractivity contribution < 1.29 is 23.5 Å². The van der Waals surface area contributed by atoms with E-state index in [1.807, 2.05) is 19.9 Å². The monoisotopic (exact) mass is 387 g/mol. The molecule has 0 bridgehead atoms. The van der Waals surface area contributed by atoms with Crippen molar-refractivity contribution in [3.63, 3.8) is 0 Å². The van der Waals surface area contributed by atoms with Gasteiger partial charge in [0.05, 0.1) is 12.5 Å². The van der Waals surface area contributed by atoms with Crippen LogP contribution in [0.5, 0.6) is 5.75 Å². The lowest BCUT2D eigenvalue weighted by Gasteiger charge is -2.33. The second-order valence-corrected chi connectivity index (χ2v) is 7.19. The molecule has 0 N–H and O–H groups in total. The molecule has 1 aliphatic rings. The van der Waals surface area contributed by atoms with Crippen LogP contribution in [0.2, 0.25) is 0 Å². The van der Waals surface area contributed by atoms with E-state index in [2.05, 4.69) is 0 Å². The number of rotatable bonds is 4. The van der Waals surface area contributed by atoms with Crippen molar-refractivity contribution in [1.82, 2.24) is 4.90 Å². The Bertz CT molecular complexity index is 977. The third-order valence-corrected chi connectivity index (χ3v) is 5.30. The highest BCUT2D eigenvalue weighted by atomic mass is 16.5. The summed E-state index contributed by atoms with van der Waals surface area (Å²) in [6.45, 7) is 5.69. The molecular formula is C21H25NO6. The molecule has 1 atom stereocenters. The van der Waals surface area contributed by atoms with E-state index in [0.717, 1.165) is 24.0 Å². The van der Waals surface area contributed by atoms with Crippen molar-refractivity contribution in [2.24, 2.45) is 0 Å². The first-order chi connectivity index (χ1) is 13.3. The van der Waals surface area contributed by atoms with Crippen LogP contribution in [0.3, 0.4) is 0 Å². The number of esters is 1. The quantitative estimate of drug-likeness (QED) is 0.592. The van der Waals surface area contributed by atoms with Gasteiger partial charge < -0.3 is 18.8 Å². The van der Waals surface area contributed by atoms with E-state index in [0.29, 0.717) is 35.2 Å². The predicted octanol–water partition coefficient (Wildman–Crippen LogP) is 2.65. The molecule has 1 aromatic carbocycles. The molecule has 1 amide bonds. The second kappa shape index (κ2) is 8.04. The molecule has 1 unspecified atom stereocenters. The molecule has 1 aromatic heterocycles. The van der Waals surface area contributed by atoms with E-state index in [1.54, 1.807) is 13.0 Å². The zero-order valence-electron chi connectivity index (χ0n) is 16.7. The highest BCUT2D eigenvalue weighted by molar-refractivity contribution is 5.89. The van der Waals surface area contributed by atoms with Gasteiger partial charge >= 0.3 is 11.6 Å². The van der Waals surface area contributed by atoms with Crippen LogP contribution in [-0.4, -0.2) is 43.1 Å². The highest BCUT2D eigenvalue weighted by Gasteiger charge is 2.33. The van der Waals surface area contributed by atoms with Gasteiger partial charge in [-0.15, -0.1) is 0 Å². The maximum atomic E-state index is 12.7. The number of amides is 1. The van der Waals surface area contributed by atoms with Crippen LogP contribution in [0.25, 0.3) is 11.0 Å². The molecule has 0 radical (unpaired) electrons. The average molecular weight is 387 g/mol. The first-order valence-corrected chi connectivity index (χ1v) is 9.38. The summed E-state index contributed by atoms with van der Waals surface area (Å²) in [7, 11) is 1.33. The fourth-order valence-corrected chi connectivity index (χ4v) is 3.64. The van der Waals surface area contributed by atoms with Gasteiger partial charge in [-0.05, 0) is 63.3 Å². The minimum atomic E-state index is -0.564. The summed E-state index contributed by atoms with van der Waals surface area (Å²) in [6, 6.07) is 3.03. The van der Waals surface area contributed by atoms with Crippen molar-refractivity contribution >= 4 is 22.8 Å². The van der Waals surface area contributed by atoms with Gasteiger partial charge in [-0.25, -0.2) is 9.59 Å². The first-order valence-electron chi connectivity index (χ1n) is 9.38. The predicted molar refractivity (Wildman–Crippen MR) is 104 cm³/mol. The molecule has 0 spiro atoms. The SMILES string of the molecule is COC(=O)C1CCCCN1C(=O)COc1cc(C)cc2oc(=O)c(C)c(C)c12. The van der Waals surface area contributed by atoms with Crippen molar-refractivity contribution in [2.75, 3.05) is 20.3 Å². The standard InChI is InChI=1S/C21H25NO6/c1-12-9-16(19-13(2)14(3)20(24)28-17(19)10-12)27-11-18(23)22-8-6-5-7-15(22)21(25)26-4/h9-10,15H,5-8,11H2,1-4H3. The van der Waals surface area contributed by atoms with Crippen LogP contribution in [-0.2, 0) is 14.3 Å². The second-order valence-electron chi connectivity index (χ2n) is 7.19. The molecule has 0 saturated carbocycles. The van der Waals surface area contributed by atoms with Crippen LogP contribution in [0.15, 0.2) is 21.3 Å². The summed E-state index contributed by atoms with van der Waals surface area (Å²) < 4.78 is 16.1. The topological polar surface area (TPSA) is 86.1 Å². The minimum absolute atomic E-state index is 0.205. The molecule has 1 aliphatic heterocycles. The van der Waals surface area contributed by atoms with Crippen LogP contribution in [0.4, 0.5) is 0 Å². The normalized spacial score (nSPS) is 16.9. The van der Waals surface area contributed by atoms with Crippen LogP contribution in [0, 0.1) is 20.8 Å². The summed E-state index contributed by atoms with van der Waals surface area (Å²) >= 11 is 0. The summed E-state index contributed by atoms with van der Waals surface area (Å²) in [4.78, 5) is 38.2. The molecular weight excluding hydrogens is 362 g/mol. The molecule has 1 saturated heterocycles. The van der Waals surface area contributed by atoms with E-state index in [9.17, 15) is 14.4 Å².